The van der Waals surface area contributed by atoms with Gasteiger partial charge in [-0.3, -0.25) is 0 Å². The average Bonchev–Trinajstić information content (AvgIpc) is 2.66. The summed E-state index contributed by atoms with van der Waals surface area (Å²) in [5.41, 5.74) is 0. The summed E-state index contributed by atoms with van der Waals surface area (Å²) in [4.78, 5) is 11.0. The molecule has 1 aliphatic heterocycles. The molecule has 1 rings (SSSR count). The molecular formula is C7H14NO2+. The molecule has 58 valence electrons. The van der Waals surface area contributed by atoms with Crippen LogP contribution in [0.3, 0.4) is 0 Å². The Morgan fingerprint density at radius 3 is 2.40 bits per heavy atom. The van der Waals surface area contributed by atoms with Crippen molar-refractivity contribution in [3.8, 4) is 0 Å². The second kappa shape index (κ2) is 2.23. The van der Waals surface area contributed by atoms with Crippen molar-refractivity contribution < 1.29 is 14.0 Å². The van der Waals surface area contributed by atoms with Gasteiger partial charge in [-0.15, -0.1) is 0 Å². The Kier molecular flexibility index (Phi) is 1.68. The number of ether oxygens (including phenoxy) is 1. The lowest BCUT2D eigenvalue weighted by molar-refractivity contribution is -0.794. The first-order valence-corrected chi connectivity index (χ1v) is 3.52. The first-order valence-electron chi connectivity index (χ1n) is 3.52. The van der Waals surface area contributed by atoms with Crippen molar-refractivity contribution in [1.29, 1.82) is 0 Å². The monoisotopic (exact) mass is 144 g/mol. The summed E-state index contributed by atoms with van der Waals surface area (Å²) in [5, 5.41) is 0. The molecule has 1 unspecified atom stereocenters. The zero-order chi connectivity index (χ0) is 7.78. The Labute approximate surface area is 61.2 Å². The topological polar surface area (TPSA) is 26.3 Å². The van der Waals surface area contributed by atoms with Gasteiger partial charge in [0, 0.05) is 0 Å². The van der Waals surface area contributed by atoms with Crippen molar-refractivity contribution in [2.24, 2.45) is 0 Å². The van der Waals surface area contributed by atoms with Crippen LogP contribution in [0.25, 0.3) is 0 Å². The van der Waals surface area contributed by atoms with E-state index in [1.165, 1.54) is 7.11 Å². The summed E-state index contributed by atoms with van der Waals surface area (Å²) in [6, 6.07) is 0.0185. The van der Waals surface area contributed by atoms with Gasteiger partial charge < -0.3 is 9.22 Å². The number of rotatable bonds is 2. The predicted octanol–water partition coefficient (Wildman–Crippen LogP) is 0.00810. The van der Waals surface area contributed by atoms with E-state index in [4.69, 9.17) is 0 Å². The SMILES string of the molecule is COC(=O)C(C)[N+]1(C)CC1. The third kappa shape index (κ3) is 1.14. The van der Waals surface area contributed by atoms with Gasteiger partial charge >= 0.3 is 5.97 Å². The van der Waals surface area contributed by atoms with E-state index in [0.29, 0.717) is 0 Å². The maximum absolute atomic E-state index is 11.0. The van der Waals surface area contributed by atoms with Crippen molar-refractivity contribution in [3.05, 3.63) is 0 Å². The summed E-state index contributed by atoms with van der Waals surface area (Å²) in [6.07, 6.45) is 0. The lowest BCUT2D eigenvalue weighted by atomic mass is 10.3. The van der Waals surface area contributed by atoms with Gasteiger partial charge in [-0.25, -0.2) is 4.79 Å². The predicted molar refractivity (Wildman–Crippen MR) is 37.4 cm³/mol. The number of esters is 1. The Hall–Kier alpha value is -0.570. The van der Waals surface area contributed by atoms with E-state index >= 15 is 0 Å². The lowest BCUT2D eigenvalue weighted by Gasteiger charge is -2.17. The van der Waals surface area contributed by atoms with Gasteiger partial charge in [0.05, 0.1) is 14.2 Å². The van der Waals surface area contributed by atoms with Crippen LogP contribution in [0.5, 0.6) is 0 Å². The highest BCUT2D eigenvalue weighted by molar-refractivity contribution is 5.74. The fourth-order valence-corrected chi connectivity index (χ4v) is 0.970. The first kappa shape index (κ1) is 7.54. The number of nitrogens with zero attached hydrogens (tertiary/aromatic N) is 1. The van der Waals surface area contributed by atoms with Crippen LogP contribution in [0.2, 0.25) is 0 Å². The van der Waals surface area contributed by atoms with E-state index in [-0.39, 0.29) is 12.0 Å². The normalized spacial score (nSPS) is 23.5. The Balaban J connectivity index is 2.48. The van der Waals surface area contributed by atoms with Crippen LogP contribution < -0.4 is 0 Å². The number of quaternary nitrogens is 1. The van der Waals surface area contributed by atoms with Crippen LogP contribution in [0.1, 0.15) is 6.92 Å². The lowest BCUT2D eigenvalue weighted by Crippen LogP contribution is -2.38. The molecule has 0 radical (unpaired) electrons. The Morgan fingerprint density at radius 1 is 1.60 bits per heavy atom. The summed E-state index contributed by atoms with van der Waals surface area (Å²) in [5.74, 6) is -0.0972. The molecule has 1 atom stereocenters. The Morgan fingerprint density at radius 2 is 2.10 bits per heavy atom. The van der Waals surface area contributed by atoms with Gasteiger partial charge in [0.1, 0.15) is 13.1 Å². The van der Waals surface area contributed by atoms with E-state index < -0.39 is 0 Å². The van der Waals surface area contributed by atoms with Crippen LogP contribution in [0.4, 0.5) is 0 Å². The molecule has 1 heterocycles. The van der Waals surface area contributed by atoms with Crippen molar-refractivity contribution in [2.75, 3.05) is 27.2 Å². The third-order valence-corrected chi connectivity index (χ3v) is 2.41. The van der Waals surface area contributed by atoms with Crippen molar-refractivity contribution in [1.82, 2.24) is 0 Å². The largest absolute Gasteiger partial charge is 0.465 e. The molecule has 3 heteroatoms. The van der Waals surface area contributed by atoms with E-state index in [2.05, 4.69) is 11.8 Å². The van der Waals surface area contributed by atoms with Crippen LogP contribution in [-0.4, -0.2) is 43.7 Å². The number of likely N-dealkylation sites (N-methyl/N-ethyl adjacent to an activating group) is 1. The average molecular weight is 144 g/mol. The summed E-state index contributed by atoms with van der Waals surface area (Å²) >= 11 is 0. The smallest absolute Gasteiger partial charge is 0.364 e. The highest BCUT2D eigenvalue weighted by Gasteiger charge is 2.46. The summed E-state index contributed by atoms with van der Waals surface area (Å²) in [6.45, 7) is 4.13. The van der Waals surface area contributed by atoms with Crippen LogP contribution in [-0.2, 0) is 9.53 Å². The quantitative estimate of drug-likeness (QED) is 0.310. The molecule has 1 aliphatic rings. The second-order valence-electron chi connectivity index (χ2n) is 3.13. The van der Waals surface area contributed by atoms with Crippen LogP contribution in [0.15, 0.2) is 0 Å². The zero-order valence-corrected chi connectivity index (χ0v) is 6.76. The minimum absolute atomic E-state index is 0.0185. The maximum Gasteiger partial charge on any atom is 0.364 e. The molecule has 1 fully saturated rings. The highest BCUT2D eigenvalue weighted by Crippen LogP contribution is 2.22. The molecule has 0 amide bonds. The fourth-order valence-electron chi connectivity index (χ4n) is 0.970. The van der Waals surface area contributed by atoms with Gasteiger partial charge in [-0.2, -0.15) is 0 Å². The second-order valence-corrected chi connectivity index (χ2v) is 3.13. The van der Waals surface area contributed by atoms with Gasteiger partial charge in [0.2, 0.25) is 0 Å². The van der Waals surface area contributed by atoms with Gasteiger partial charge in [-0.1, -0.05) is 0 Å². The molecule has 0 aromatic rings. The number of hydrogen-bond donors (Lipinski definition) is 0. The number of carbonyl (C=O) groups excluding carboxylic acids is 1. The standard InChI is InChI=1S/C7H14NO2/c1-6(7(9)10-3)8(2)4-5-8/h6H,4-5H2,1-3H3/q+1. The highest BCUT2D eigenvalue weighted by atomic mass is 16.5. The van der Waals surface area contributed by atoms with Crippen molar-refractivity contribution in [2.45, 2.75) is 13.0 Å². The molecule has 0 N–H and O–H groups in total. The fraction of sp³-hybridized carbons (Fsp3) is 0.857. The third-order valence-electron chi connectivity index (χ3n) is 2.41. The molecule has 0 spiro atoms. The van der Waals surface area contributed by atoms with Gasteiger partial charge in [-0.05, 0) is 6.92 Å². The summed E-state index contributed by atoms with van der Waals surface area (Å²) in [7, 11) is 3.51. The molecule has 0 bridgehead atoms. The van der Waals surface area contributed by atoms with Crippen LogP contribution >= 0.6 is 0 Å². The molecule has 3 nitrogen and oxygen atoms in total. The molecule has 10 heavy (non-hydrogen) atoms. The molecule has 0 aliphatic carbocycles. The van der Waals surface area contributed by atoms with E-state index in [9.17, 15) is 4.79 Å². The molecule has 0 saturated carbocycles. The van der Waals surface area contributed by atoms with Crippen molar-refractivity contribution >= 4 is 5.97 Å². The maximum atomic E-state index is 11.0. The first-order chi connectivity index (χ1) is 4.60. The van der Waals surface area contributed by atoms with E-state index in [1.807, 2.05) is 6.92 Å². The molecule has 0 aromatic carbocycles. The number of carbonyl (C=O) groups is 1. The van der Waals surface area contributed by atoms with Gasteiger partial charge in [0.15, 0.2) is 6.04 Å². The molecule has 0 aromatic heterocycles. The zero-order valence-electron chi connectivity index (χ0n) is 6.76. The Bertz CT molecular complexity index is 152. The van der Waals surface area contributed by atoms with E-state index in [1.54, 1.807) is 0 Å². The number of methoxy groups -OCH3 is 1. The minimum atomic E-state index is -0.0972. The minimum Gasteiger partial charge on any atom is -0.465 e. The van der Waals surface area contributed by atoms with Crippen molar-refractivity contribution in [3.63, 3.8) is 0 Å². The van der Waals surface area contributed by atoms with E-state index in [0.717, 1.165) is 17.6 Å². The van der Waals surface area contributed by atoms with Gasteiger partial charge in [0.25, 0.3) is 0 Å². The molecule has 1 saturated heterocycles. The summed E-state index contributed by atoms with van der Waals surface area (Å²) < 4.78 is 5.48. The van der Waals surface area contributed by atoms with Crippen LogP contribution in [0, 0.1) is 0 Å². The molecular weight excluding hydrogens is 130 g/mol. The number of hydrogen-bond acceptors (Lipinski definition) is 2.